The van der Waals surface area contributed by atoms with Crippen LogP contribution in [0.25, 0.3) is 32.9 Å². The van der Waals surface area contributed by atoms with Crippen LogP contribution in [-0.4, -0.2) is 26.7 Å². The van der Waals surface area contributed by atoms with Gasteiger partial charge in [0, 0.05) is 60.3 Å². The van der Waals surface area contributed by atoms with Crippen LogP contribution in [0.2, 0.25) is 0 Å². The lowest BCUT2D eigenvalue weighted by molar-refractivity contribution is -0.141. The van der Waals surface area contributed by atoms with E-state index in [1.54, 1.807) is 12.4 Å². The number of ether oxygens (including phenoxy) is 2. The van der Waals surface area contributed by atoms with E-state index in [1.165, 1.54) is 6.20 Å². The van der Waals surface area contributed by atoms with Crippen LogP contribution in [0.1, 0.15) is 24.0 Å². The molecule has 3 heterocycles. The second-order valence-corrected chi connectivity index (χ2v) is 9.39. The molecule has 0 unspecified atom stereocenters. The maximum Gasteiger partial charge on any atom is 0.421 e. The molecule has 37 heavy (non-hydrogen) atoms. The molecule has 1 saturated carbocycles. The molecule has 1 aliphatic carbocycles. The largest absolute Gasteiger partial charge is 0.474 e. The van der Waals surface area contributed by atoms with Crippen molar-refractivity contribution in [1.82, 2.24) is 14.5 Å². The monoisotopic (exact) mass is 503 g/mol. The number of halogens is 3. The van der Waals surface area contributed by atoms with Crippen molar-refractivity contribution >= 4 is 21.8 Å². The van der Waals surface area contributed by atoms with E-state index < -0.39 is 11.7 Å². The van der Waals surface area contributed by atoms with Crippen LogP contribution < -0.4 is 4.74 Å². The van der Waals surface area contributed by atoms with Gasteiger partial charge in [0.2, 0.25) is 5.88 Å². The van der Waals surface area contributed by atoms with Gasteiger partial charge in [-0.05, 0) is 29.3 Å². The van der Waals surface area contributed by atoms with Gasteiger partial charge >= 0.3 is 6.18 Å². The molecule has 0 aliphatic heterocycles. The molecule has 3 aromatic heterocycles. The fourth-order valence-electron chi connectivity index (χ4n) is 4.84. The summed E-state index contributed by atoms with van der Waals surface area (Å²) >= 11 is 0. The summed E-state index contributed by atoms with van der Waals surface area (Å²) in [7, 11) is 1.93. The Morgan fingerprint density at radius 2 is 1.70 bits per heavy atom. The van der Waals surface area contributed by atoms with Crippen LogP contribution in [-0.2, 0) is 24.6 Å². The number of benzene rings is 2. The number of fused-ring (bicyclic) bond motifs is 3. The Kier molecular flexibility index (Phi) is 5.83. The minimum absolute atomic E-state index is 0.0402. The second-order valence-electron chi connectivity index (χ2n) is 9.39. The lowest BCUT2D eigenvalue weighted by atomic mass is 9.92. The van der Waals surface area contributed by atoms with E-state index in [0.717, 1.165) is 33.4 Å². The maximum atomic E-state index is 14.0. The van der Waals surface area contributed by atoms with Gasteiger partial charge in [0.1, 0.15) is 11.7 Å². The third-order valence-corrected chi connectivity index (χ3v) is 6.96. The molecule has 0 spiro atoms. The Balaban J connectivity index is 1.21. The van der Waals surface area contributed by atoms with Gasteiger partial charge in [0.15, 0.2) is 0 Å². The normalized spacial score (nSPS) is 17.7. The van der Waals surface area contributed by atoms with Gasteiger partial charge in [-0.1, -0.05) is 42.5 Å². The van der Waals surface area contributed by atoms with Gasteiger partial charge in [0.25, 0.3) is 0 Å². The molecule has 0 amide bonds. The topological polar surface area (TPSA) is 49.2 Å². The van der Waals surface area contributed by atoms with Crippen molar-refractivity contribution in [2.75, 3.05) is 0 Å². The first-order valence-corrected chi connectivity index (χ1v) is 12.1. The van der Waals surface area contributed by atoms with Crippen molar-refractivity contribution in [3.8, 4) is 17.0 Å². The Morgan fingerprint density at radius 1 is 0.892 bits per heavy atom. The van der Waals surface area contributed by atoms with Crippen molar-refractivity contribution in [1.29, 1.82) is 0 Å². The zero-order valence-corrected chi connectivity index (χ0v) is 20.1. The lowest BCUT2D eigenvalue weighted by Crippen LogP contribution is -2.40. The van der Waals surface area contributed by atoms with Crippen LogP contribution >= 0.6 is 0 Å². The predicted octanol–water partition coefficient (Wildman–Crippen LogP) is 6.93. The Labute approximate surface area is 211 Å². The zero-order chi connectivity index (χ0) is 25.6. The smallest absolute Gasteiger partial charge is 0.421 e. The molecular weight excluding hydrogens is 479 g/mol. The van der Waals surface area contributed by atoms with Crippen LogP contribution in [0.4, 0.5) is 13.2 Å². The summed E-state index contributed by atoms with van der Waals surface area (Å²) in [6, 6.07) is 18.4. The van der Waals surface area contributed by atoms with Crippen LogP contribution in [0.3, 0.4) is 0 Å². The molecule has 2 aromatic carbocycles. The maximum absolute atomic E-state index is 14.0. The summed E-state index contributed by atoms with van der Waals surface area (Å²) in [5, 5.41) is 1.99. The number of rotatable bonds is 6. The summed E-state index contributed by atoms with van der Waals surface area (Å²) in [5.41, 5.74) is 3.12. The number of hydrogen-bond acceptors (Lipinski definition) is 4. The number of alkyl halides is 3. The summed E-state index contributed by atoms with van der Waals surface area (Å²) in [6.07, 6.45) is 1.02. The molecule has 0 saturated heterocycles. The van der Waals surface area contributed by atoms with Crippen molar-refractivity contribution in [2.24, 2.45) is 7.05 Å². The average Bonchev–Trinajstić information content (AvgIpc) is 3.17. The number of nitrogens with zero attached hydrogens (tertiary/aromatic N) is 3. The third-order valence-electron chi connectivity index (χ3n) is 6.96. The van der Waals surface area contributed by atoms with E-state index in [0.29, 0.717) is 30.6 Å². The third kappa shape index (κ3) is 4.53. The SMILES string of the molecule is Cn1c2ccncc2c2ccc(-c3cnc(O[C@H]4C[C@@H](OCc5ccccc5)C4)c(C(F)(F)F)c3)cc21. The average molecular weight is 504 g/mol. The molecular formula is C29H24F3N3O2. The van der Waals surface area contributed by atoms with Crippen LogP contribution in [0, 0.1) is 0 Å². The highest BCUT2D eigenvalue weighted by Gasteiger charge is 2.39. The molecule has 5 nitrogen and oxygen atoms in total. The van der Waals surface area contributed by atoms with Gasteiger partial charge in [-0.15, -0.1) is 0 Å². The molecule has 188 valence electrons. The zero-order valence-electron chi connectivity index (χ0n) is 20.1. The first kappa shape index (κ1) is 23.5. The lowest BCUT2D eigenvalue weighted by Gasteiger charge is -2.35. The first-order valence-electron chi connectivity index (χ1n) is 12.1. The Morgan fingerprint density at radius 3 is 2.49 bits per heavy atom. The standard InChI is InChI=1S/C29H24F3N3O2/c1-35-26-9-10-33-16-24(26)23-8-7-19(12-27(23)35)20-11-25(29(30,31)32)28(34-15-20)37-22-13-21(14-22)36-17-18-5-3-2-4-6-18/h2-12,15-16,21-22H,13-14,17H2,1H3/t21-,22+. The second kappa shape index (κ2) is 9.19. The Hall–Kier alpha value is -3.91. The molecule has 0 atom stereocenters. The number of hydrogen-bond donors (Lipinski definition) is 0. The molecule has 1 fully saturated rings. The predicted molar refractivity (Wildman–Crippen MR) is 135 cm³/mol. The number of aromatic nitrogens is 3. The van der Waals surface area contributed by atoms with E-state index >= 15 is 0 Å². The van der Waals surface area contributed by atoms with Crippen LogP contribution in [0.15, 0.2) is 79.3 Å². The highest BCUT2D eigenvalue weighted by atomic mass is 19.4. The van der Waals surface area contributed by atoms with E-state index in [9.17, 15) is 13.2 Å². The van der Waals surface area contributed by atoms with Crippen molar-refractivity contribution in [3.63, 3.8) is 0 Å². The molecule has 0 bridgehead atoms. The number of aryl methyl sites for hydroxylation is 1. The molecule has 6 rings (SSSR count). The van der Waals surface area contributed by atoms with Crippen molar-refractivity contribution in [3.05, 3.63) is 90.4 Å². The van der Waals surface area contributed by atoms with Crippen LogP contribution in [0.5, 0.6) is 5.88 Å². The molecule has 5 aromatic rings. The van der Waals surface area contributed by atoms with Gasteiger partial charge in [-0.2, -0.15) is 13.2 Å². The van der Waals surface area contributed by atoms with E-state index in [-0.39, 0.29) is 18.1 Å². The fourth-order valence-corrected chi connectivity index (χ4v) is 4.84. The summed E-state index contributed by atoms with van der Waals surface area (Å²) in [5.74, 6) is -0.389. The summed E-state index contributed by atoms with van der Waals surface area (Å²) in [6.45, 7) is 0.469. The summed E-state index contributed by atoms with van der Waals surface area (Å²) < 4.78 is 55.6. The summed E-state index contributed by atoms with van der Waals surface area (Å²) in [4.78, 5) is 8.31. The minimum atomic E-state index is -4.60. The van der Waals surface area contributed by atoms with Gasteiger partial charge in [0.05, 0.1) is 18.2 Å². The Bertz CT molecular complexity index is 1570. The van der Waals surface area contributed by atoms with E-state index in [4.69, 9.17) is 9.47 Å². The number of pyridine rings is 2. The van der Waals surface area contributed by atoms with Gasteiger partial charge in [-0.25, -0.2) is 4.98 Å². The van der Waals surface area contributed by atoms with Gasteiger partial charge in [-0.3, -0.25) is 4.98 Å². The highest BCUT2D eigenvalue weighted by molar-refractivity contribution is 6.08. The quantitative estimate of drug-likeness (QED) is 0.252. The van der Waals surface area contributed by atoms with Gasteiger partial charge < -0.3 is 14.0 Å². The van der Waals surface area contributed by atoms with E-state index in [2.05, 4.69) is 9.97 Å². The van der Waals surface area contributed by atoms with Crippen molar-refractivity contribution < 1.29 is 22.6 Å². The molecule has 0 N–H and O–H groups in total. The molecule has 8 heteroatoms. The molecule has 0 radical (unpaired) electrons. The highest BCUT2D eigenvalue weighted by Crippen LogP contribution is 2.40. The van der Waals surface area contributed by atoms with Crippen molar-refractivity contribution in [2.45, 2.75) is 37.8 Å². The van der Waals surface area contributed by atoms with E-state index in [1.807, 2.05) is 66.2 Å². The molecule has 1 aliphatic rings. The minimum Gasteiger partial charge on any atom is -0.474 e. The fraction of sp³-hybridized carbons (Fsp3) is 0.241. The first-order chi connectivity index (χ1) is 17.9.